The Kier molecular flexibility index (Phi) is 7.19. The van der Waals surface area contributed by atoms with Gasteiger partial charge in [0.25, 0.3) is 5.56 Å². The lowest BCUT2D eigenvalue weighted by Crippen LogP contribution is -2.26. The number of thioether (sulfide) groups is 1. The largest absolute Gasteiger partial charge is 0.301 e. The Balaban J connectivity index is 1.53. The van der Waals surface area contributed by atoms with Crippen LogP contribution in [0.4, 0.5) is 5.13 Å². The van der Waals surface area contributed by atoms with Gasteiger partial charge in [-0.05, 0) is 31.2 Å². The summed E-state index contributed by atoms with van der Waals surface area (Å²) in [6.07, 6.45) is 1.63. The number of nitrogens with one attached hydrogen (secondary N) is 1. The van der Waals surface area contributed by atoms with Gasteiger partial charge in [0.15, 0.2) is 10.3 Å². The summed E-state index contributed by atoms with van der Waals surface area (Å²) in [5.74, 6) is -0.248. The number of nitrogens with zero attached hydrogens (tertiary/aromatic N) is 3. The molecule has 0 bridgehead atoms. The molecule has 0 aliphatic carbocycles. The van der Waals surface area contributed by atoms with E-state index < -0.39 is 5.25 Å². The number of amides is 1. The Labute approximate surface area is 208 Å². The monoisotopic (exact) mass is 516 g/mol. The third-order valence-electron chi connectivity index (χ3n) is 4.74. The van der Waals surface area contributed by atoms with Crippen molar-refractivity contribution in [2.45, 2.75) is 23.9 Å². The van der Waals surface area contributed by atoms with Crippen molar-refractivity contribution in [3.05, 3.63) is 80.9 Å². The molecule has 10 heteroatoms. The number of para-hydroxylation sites is 1. The summed E-state index contributed by atoms with van der Waals surface area (Å²) >= 11 is 14.6. The molecular weight excluding hydrogens is 499 g/mol. The molecule has 2 aromatic carbocycles. The van der Waals surface area contributed by atoms with Crippen LogP contribution in [0, 0.1) is 0 Å². The summed E-state index contributed by atoms with van der Waals surface area (Å²) in [6.45, 7) is 5.78. The van der Waals surface area contributed by atoms with Crippen LogP contribution in [-0.2, 0) is 11.3 Å². The van der Waals surface area contributed by atoms with E-state index >= 15 is 0 Å². The van der Waals surface area contributed by atoms with Gasteiger partial charge in [-0.15, -0.1) is 17.9 Å². The molecule has 0 saturated heterocycles. The first-order chi connectivity index (χ1) is 15.9. The van der Waals surface area contributed by atoms with Crippen molar-refractivity contribution in [2.75, 3.05) is 5.32 Å². The fourth-order valence-electron chi connectivity index (χ4n) is 3.07. The summed E-state index contributed by atoms with van der Waals surface area (Å²) in [5, 5.41) is 6.49. The second-order valence-corrected chi connectivity index (χ2v) is 10.0. The number of fused-ring (bicyclic) bond motifs is 1. The molecule has 0 saturated carbocycles. The second-order valence-electron chi connectivity index (χ2n) is 7.03. The summed E-state index contributed by atoms with van der Waals surface area (Å²) in [6, 6.07) is 12.4. The number of rotatable bonds is 7. The number of thiazole rings is 1. The summed E-state index contributed by atoms with van der Waals surface area (Å²) in [4.78, 5) is 34.8. The molecule has 6 nitrogen and oxygen atoms in total. The van der Waals surface area contributed by atoms with Gasteiger partial charge in [0.1, 0.15) is 0 Å². The molecule has 0 fully saturated rings. The van der Waals surface area contributed by atoms with Crippen LogP contribution in [0.5, 0.6) is 0 Å². The number of carbonyl (C=O) groups is 1. The first kappa shape index (κ1) is 23.5. The number of benzene rings is 2. The normalized spacial score (nSPS) is 12.0. The molecule has 2 heterocycles. The molecule has 1 amide bonds. The standard InChI is InChI=1S/C23H18Cl2N4O2S2/c1-3-10-29-21(31)15-6-4-5-7-18(15)27-23(29)33-13(2)20(30)28-22-26-19(12-32-22)14-8-9-16(24)17(25)11-14/h3-9,11-13H,1,10H2,2H3,(H,26,28,30). The van der Waals surface area contributed by atoms with Crippen molar-refractivity contribution in [3.8, 4) is 11.3 Å². The van der Waals surface area contributed by atoms with Crippen LogP contribution in [0.2, 0.25) is 10.0 Å². The molecule has 1 atom stereocenters. The van der Waals surface area contributed by atoms with Gasteiger partial charge >= 0.3 is 0 Å². The van der Waals surface area contributed by atoms with Crippen molar-refractivity contribution < 1.29 is 4.79 Å². The van der Waals surface area contributed by atoms with Crippen molar-refractivity contribution in [1.82, 2.24) is 14.5 Å². The Morgan fingerprint density at radius 3 is 2.79 bits per heavy atom. The van der Waals surface area contributed by atoms with Gasteiger partial charge in [-0.1, -0.05) is 59.2 Å². The Hall–Kier alpha value is -2.65. The molecule has 4 aromatic rings. The number of halogens is 2. The van der Waals surface area contributed by atoms with E-state index in [2.05, 4.69) is 21.9 Å². The van der Waals surface area contributed by atoms with E-state index in [4.69, 9.17) is 23.2 Å². The maximum Gasteiger partial charge on any atom is 0.262 e. The third kappa shape index (κ3) is 5.14. The Bertz CT molecular complexity index is 1420. The highest BCUT2D eigenvalue weighted by molar-refractivity contribution is 8.00. The molecule has 168 valence electrons. The minimum atomic E-state index is -0.522. The SMILES string of the molecule is C=CCn1c(SC(C)C(=O)Nc2nc(-c3ccc(Cl)c(Cl)c3)cs2)nc2ccccc2c1=O. The zero-order valence-electron chi connectivity index (χ0n) is 17.4. The van der Waals surface area contributed by atoms with Crippen LogP contribution in [0.3, 0.4) is 0 Å². The number of hydrogen-bond acceptors (Lipinski definition) is 6. The molecule has 0 aliphatic rings. The Morgan fingerprint density at radius 1 is 1.24 bits per heavy atom. The van der Waals surface area contributed by atoms with E-state index in [0.717, 1.165) is 5.56 Å². The van der Waals surface area contributed by atoms with Gasteiger partial charge in [-0.25, -0.2) is 9.97 Å². The third-order valence-corrected chi connectivity index (χ3v) is 7.33. The van der Waals surface area contributed by atoms with Crippen molar-refractivity contribution >= 4 is 68.2 Å². The van der Waals surface area contributed by atoms with E-state index in [9.17, 15) is 9.59 Å². The van der Waals surface area contributed by atoms with Gasteiger partial charge in [-0.2, -0.15) is 0 Å². The number of aromatic nitrogens is 3. The lowest BCUT2D eigenvalue weighted by atomic mass is 10.2. The highest BCUT2D eigenvalue weighted by atomic mass is 35.5. The van der Waals surface area contributed by atoms with Crippen molar-refractivity contribution in [3.63, 3.8) is 0 Å². The van der Waals surface area contributed by atoms with E-state index in [-0.39, 0.29) is 11.5 Å². The molecule has 0 spiro atoms. The second kappa shape index (κ2) is 10.1. The van der Waals surface area contributed by atoms with E-state index in [0.29, 0.717) is 43.5 Å². The van der Waals surface area contributed by atoms with E-state index in [1.54, 1.807) is 43.3 Å². The number of hydrogen-bond donors (Lipinski definition) is 1. The fourth-order valence-corrected chi connectivity index (χ4v) is 5.00. The molecule has 4 rings (SSSR count). The van der Waals surface area contributed by atoms with E-state index in [1.807, 2.05) is 17.5 Å². The fraction of sp³-hybridized carbons (Fsp3) is 0.130. The number of allylic oxidation sites excluding steroid dienone is 1. The molecule has 2 aromatic heterocycles. The lowest BCUT2D eigenvalue weighted by Gasteiger charge is -2.15. The van der Waals surface area contributed by atoms with Crippen LogP contribution in [0.25, 0.3) is 22.2 Å². The molecule has 0 aliphatic heterocycles. The zero-order chi connectivity index (χ0) is 23.5. The van der Waals surface area contributed by atoms with Gasteiger partial charge in [0.2, 0.25) is 5.91 Å². The lowest BCUT2D eigenvalue weighted by molar-refractivity contribution is -0.115. The maximum absolute atomic E-state index is 12.9. The molecule has 1 unspecified atom stereocenters. The number of carbonyl (C=O) groups excluding carboxylic acids is 1. The van der Waals surface area contributed by atoms with Crippen LogP contribution < -0.4 is 10.9 Å². The topological polar surface area (TPSA) is 76.9 Å². The summed E-state index contributed by atoms with van der Waals surface area (Å²) in [5.41, 5.74) is 1.91. The van der Waals surface area contributed by atoms with Gasteiger partial charge in [-0.3, -0.25) is 14.2 Å². The van der Waals surface area contributed by atoms with Crippen molar-refractivity contribution in [2.24, 2.45) is 0 Å². The maximum atomic E-state index is 12.9. The first-order valence-corrected chi connectivity index (χ1v) is 12.4. The summed E-state index contributed by atoms with van der Waals surface area (Å²) in [7, 11) is 0. The smallest absolute Gasteiger partial charge is 0.262 e. The molecule has 33 heavy (non-hydrogen) atoms. The van der Waals surface area contributed by atoms with Gasteiger partial charge < -0.3 is 5.32 Å². The minimum Gasteiger partial charge on any atom is -0.301 e. The van der Waals surface area contributed by atoms with Gasteiger partial charge in [0.05, 0.1) is 31.9 Å². The highest BCUT2D eigenvalue weighted by Crippen LogP contribution is 2.31. The molecular formula is C23H18Cl2N4O2S2. The van der Waals surface area contributed by atoms with Crippen LogP contribution in [0.15, 0.2) is 70.5 Å². The van der Waals surface area contributed by atoms with Crippen LogP contribution >= 0.6 is 46.3 Å². The Morgan fingerprint density at radius 2 is 2.03 bits per heavy atom. The average Bonchev–Trinajstić information content (AvgIpc) is 3.26. The summed E-state index contributed by atoms with van der Waals surface area (Å²) < 4.78 is 1.52. The van der Waals surface area contributed by atoms with Crippen LogP contribution in [0.1, 0.15) is 6.92 Å². The number of anilines is 1. The molecule has 0 radical (unpaired) electrons. The minimum absolute atomic E-state index is 0.165. The quantitative estimate of drug-likeness (QED) is 0.181. The van der Waals surface area contributed by atoms with Crippen molar-refractivity contribution in [1.29, 1.82) is 0 Å². The average molecular weight is 517 g/mol. The predicted molar refractivity (Wildman–Crippen MR) is 138 cm³/mol. The highest BCUT2D eigenvalue weighted by Gasteiger charge is 2.20. The van der Waals surface area contributed by atoms with Gasteiger partial charge in [0, 0.05) is 17.5 Å². The first-order valence-electron chi connectivity index (χ1n) is 9.86. The molecule has 1 N–H and O–H groups in total. The van der Waals surface area contributed by atoms with E-state index in [1.165, 1.54) is 27.7 Å². The van der Waals surface area contributed by atoms with Crippen LogP contribution in [-0.4, -0.2) is 25.7 Å². The predicted octanol–water partition coefficient (Wildman–Crippen LogP) is 6.13. The zero-order valence-corrected chi connectivity index (χ0v) is 20.6.